The predicted octanol–water partition coefficient (Wildman–Crippen LogP) is 2.46. The van der Waals surface area contributed by atoms with Crippen LogP contribution in [-0.2, 0) is 11.3 Å². The number of pyridine rings is 1. The lowest BCUT2D eigenvalue weighted by Gasteiger charge is -2.33. The third-order valence-electron chi connectivity index (χ3n) is 5.53. The minimum Gasteiger partial charge on any atom is -0.375 e. The number of anilines is 1. The summed E-state index contributed by atoms with van der Waals surface area (Å²) in [5.74, 6) is 1.91. The molecule has 0 spiro atoms. The molecule has 1 aromatic rings. The highest BCUT2D eigenvalue weighted by Gasteiger charge is 2.20. The summed E-state index contributed by atoms with van der Waals surface area (Å²) >= 11 is 0. The van der Waals surface area contributed by atoms with Crippen LogP contribution in [0, 0.1) is 0 Å². The number of hydrogen-bond donors (Lipinski definition) is 2. The van der Waals surface area contributed by atoms with Crippen molar-refractivity contribution in [1.29, 1.82) is 0 Å². The molecule has 0 bridgehead atoms. The molecule has 0 aliphatic carbocycles. The zero-order valence-electron chi connectivity index (χ0n) is 18.1. The van der Waals surface area contributed by atoms with Crippen LogP contribution in [0.5, 0.6) is 0 Å². The average Bonchev–Trinajstić information content (AvgIpc) is 2.73. The van der Waals surface area contributed by atoms with Gasteiger partial charge in [0.2, 0.25) is 0 Å². The number of ether oxygens (including phenoxy) is 1. The van der Waals surface area contributed by atoms with E-state index in [0.29, 0.717) is 6.04 Å². The van der Waals surface area contributed by atoms with Crippen LogP contribution in [0.1, 0.15) is 38.7 Å². The van der Waals surface area contributed by atoms with Gasteiger partial charge in [0.15, 0.2) is 5.96 Å². The second-order valence-corrected chi connectivity index (χ2v) is 7.84. The zero-order valence-corrected chi connectivity index (χ0v) is 20.4. The number of nitrogens with one attached hydrogen (secondary N) is 2. The largest absolute Gasteiger partial charge is 0.375 e. The fraction of sp³-hybridized carbons (Fsp3) is 0.714. The van der Waals surface area contributed by atoms with Crippen LogP contribution in [0.4, 0.5) is 5.82 Å². The molecule has 0 radical (unpaired) electrons. The maximum absolute atomic E-state index is 5.64. The Morgan fingerprint density at radius 1 is 1.31 bits per heavy atom. The van der Waals surface area contributed by atoms with Crippen molar-refractivity contribution in [2.24, 2.45) is 4.99 Å². The van der Waals surface area contributed by atoms with Gasteiger partial charge in [0.25, 0.3) is 0 Å². The van der Waals surface area contributed by atoms with E-state index in [9.17, 15) is 0 Å². The normalized spacial score (nSPS) is 21.6. The molecule has 164 valence electrons. The first kappa shape index (κ1) is 24.1. The minimum atomic E-state index is 0. The van der Waals surface area contributed by atoms with Crippen LogP contribution in [0.3, 0.4) is 0 Å². The van der Waals surface area contributed by atoms with Gasteiger partial charge in [-0.25, -0.2) is 4.98 Å². The summed E-state index contributed by atoms with van der Waals surface area (Å²) in [6.07, 6.45) is 5.74. The highest BCUT2D eigenvalue weighted by atomic mass is 127. The van der Waals surface area contributed by atoms with Gasteiger partial charge in [-0.1, -0.05) is 6.92 Å². The van der Waals surface area contributed by atoms with Crippen LogP contribution in [0.2, 0.25) is 0 Å². The first-order valence-electron chi connectivity index (χ1n) is 10.7. The van der Waals surface area contributed by atoms with E-state index in [1.807, 2.05) is 13.2 Å². The Morgan fingerprint density at radius 3 is 2.79 bits per heavy atom. The number of guanidine groups is 1. The molecular weight excluding hydrogens is 479 g/mol. The van der Waals surface area contributed by atoms with Crippen molar-refractivity contribution < 1.29 is 4.74 Å². The summed E-state index contributed by atoms with van der Waals surface area (Å²) in [6.45, 7) is 11.2. The lowest BCUT2D eigenvalue weighted by Crippen LogP contribution is -2.48. The number of likely N-dealkylation sites (tertiary alicyclic amines) is 1. The van der Waals surface area contributed by atoms with E-state index in [-0.39, 0.29) is 30.1 Å². The molecule has 2 saturated heterocycles. The minimum absolute atomic E-state index is 0. The SMILES string of the molecule is CCCN1CCC(NC(=NC)NCc2ccnc(N3CCOC(C)C3)c2)CC1.I. The van der Waals surface area contributed by atoms with Gasteiger partial charge < -0.3 is 25.2 Å². The van der Waals surface area contributed by atoms with Crippen molar-refractivity contribution in [3.63, 3.8) is 0 Å². The number of aliphatic imine (C=N–C) groups is 1. The Balaban J connectivity index is 0.00000300. The molecular formula is C21H37IN6O. The van der Waals surface area contributed by atoms with Gasteiger partial charge in [-0.2, -0.15) is 0 Å². The third kappa shape index (κ3) is 7.57. The quantitative estimate of drug-likeness (QED) is 0.344. The molecule has 0 aromatic carbocycles. The van der Waals surface area contributed by atoms with Crippen LogP contribution < -0.4 is 15.5 Å². The molecule has 2 aliphatic heterocycles. The number of rotatable bonds is 6. The number of morpholine rings is 1. The van der Waals surface area contributed by atoms with Gasteiger partial charge in [0.05, 0.1) is 12.7 Å². The first-order chi connectivity index (χ1) is 13.7. The molecule has 3 heterocycles. The summed E-state index contributed by atoms with van der Waals surface area (Å²) in [6, 6.07) is 4.74. The number of piperidine rings is 1. The molecule has 0 saturated carbocycles. The second kappa shape index (κ2) is 12.5. The van der Waals surface area contributed by atoms with Crippen molar-refractivity contribution in [2.45, 2.75) is 51.8 Å². The van der Waals surface area contributed by atoms with Crippen LogP contribution in [-0.4, -0.2) is 74.4 Å². The maximum Gasteiger partial charge on any atom is 0.191 e. The van der Waals surface area contributed by atoms with Crippen LogP contribution in [0.25, 0.3) is 0 Å². The van der Waals surface area contributed by atoms with E-state index in [2.05, 4.69) is 56.4 Å². The summed E-state index contributed by atoms with van der Waals surface area (Å²) < 4.78 is 5.64. The average molecular weight is 516 g/mol. The Kier molecular flexibility index (Phi) is 10.4. The molecule has 1 aromatic heterocycles. The van der Waals surface area contributed by atoms with Crippen molar-refractivity contribution in [3.8, 4) is 0 Å². The molecule has 2 N–H and O–H groups in total. The van der Waals surface area contributed by atoms with E-state index >= 15 is 0 Å². The molecule has 1 unspecified atom stereocenters. The number of hydrogen-bond acceptors (Lipinski definition) is 5. The van der Waals surface area contributed by atoms with E-state index in [1.54, 1.807) is 0 Å². The van der Waals surface area contributed by atoms with Crippen molar-refractivity contribution in [1.82, 2.24) is 20.5 Å². The van der Waals surface area contributed by atoms with Crippen molar-refractivity contribution in [2.75, 3.05) is 51.3 Å². The Bertz CT molecular complexity index is 635. The van der Waals surface area contributed by atoms with E-state index in [4.69, 9.17) is 4.74 Å². The Morgan fingerprint density at radius 2 is 2.10 bits per heavy atom. The van der Waals surface area contributed by atoms with Crippen LogP contribution in [0.15, 0.2) is 23.3 Å². The smallest absolute Gasteiger partial charge is 0.191 e. The molecule has 3 rings (SSSR count). The fourth-order valence-corrected chi connectivity index (χ4v) is 3.96. The van der Waals surface area contributed by atoms with Gasteiger partial charge in [-0.05, 0) is 50.4 Å². The first-order valence-corrected chi connectivity index (χ1v) is 10.7. The number of nitrogens with zero attached hydrogens (tertiary/aromatic N) is 4. The molecule has 8 heteroatoms. The highest BCUT2D eigenvalue weighted by Crippen LogP contribution is 2.16. The predicted molar refractivity (Wildman–Crippen MR) is 130 cm³/mol. The van der Waals surface area contributed by atoms with Gasteiger partial charge in [0, 0.05) is 52.0 Å². The van der Waals surface area contributed by atoms with E-state index in [0.717, 1.165) is 38.0 Å². The standard InChI is InChI=1S/C21H36N6O.HI/c1-4-9-26-10-6-19(7-11-26)25-21(22-3)24-15-18-5-8-23-20(14-18)27-12-13-28-17(2)16-27;/h5,8,14,17,19H,4,6-7,9-13,15-16H2,1-3H3,(H2,22,24,25);1H. The van der Waals surface area contributed by atoms with Gasteiger partial charge in [-0.15, -0.1) is 24.0 Å². The fourth-order valence-electron chi connectivity index (χ4n) is 3.96. The summed E-state index contributed by atoms with van der Waals surface area (Å²) in [5, 5.41) is 7.05. The van der Waals surface area contributed by atoms with Gasteiger partial charge in [-0.3, -0.25) is 4.99 Å². The van der Waals surface area contributed by atoms with Crippen molar-refractivity contribution in [3.05, 3.63) is 23.9 Å². The molecule has 29 heavy (non-hydrogen) atoms. The molecule has 0 amide bonds. The molecule has 1 atom stereocenters. The Hall–Kier alpha value is -1.13. The second-order valence-electron chi connectivity index (χ2n) is 7.84. The monoisotopic (exact) mass is 516 g/mol. The van der Waals surface area contributed by atoms with E-state index < -0.39 is 0 Å². The van der Waals surface area contributed by atoms with Crippen molar-refractivity contribution >= 4 is 35.8 Å². The highest BCUT2D eigenvalue weighted by molar-refractivity contribution is 14.0. The van der Waals surface area contributed by atoms with E-state index in [1.165, 1.54) is 44.5 Å². The lowest BCUT2D eigenvalue weighted by molar-refractivity contribution is 0.0529. The maximum atomic E-state index is 5.64. The number of aromatic nitrogens is 1. The van der Waals surface area contributed by atoms with Gasteiger partial charge in [0.1, 0.15) is 5.82 Å². The molecule has 2 fully saturated rings. The molecule has 7 nitrogen and oxygen atoms in total. The molecule has 2 aliphatic rings. The third-order valence-corrected chi connectivity index (χ3v) is 5.53. The zero-order chi connectivity index (χ0) is 19.8. The lowest BCUT2D eigenvalue weighted by atomic mass is 10.1. The summed E-state index contributed by atoms with van der Waals surface area (Å²) in [7, 11) is 1.84. The summed E-state index contributed by atoms with van der Waals surface area (Å²) in [5.41, 5.74) is 1.21. The summed E-state index contributed by atoms with van der Waals surface area (Å²) in [4.78, 5) is 13.8. The van der Waals surface area contributed by atoms with Gasteiger partial charge >= 0.3 is 0 Å². The van der Waals surface area contributed by atoms with Crippen LogP contribution >= 0.6 is 24.0 Å². The number of halogens is 1. The Labute approximate surface area is 192 Å². The topological polar surface area (TPSA) is 65.0 Å².